The van der Waals surface area contributed by atoms with Crippen LogP contribution in [0.1, 0.15) is 71.1 Å². The Morgan fingerprint density at radius 3 is 2.41 bits per heavy atom. The Kier molecular flexibility index (Phi) is 9.69. The van der Waals surface area contributed by atoms with E-state index in [2.05, 4.69) is 17.2 Å². The number of likely N-dealkylation sites (N-methyl/N-ethyl adjacent to an activating group) is 1. The molecule has 0 spiro atoms. The Bertz CT molecular complexity index is 924. The monoisotopic (exact) mass is 516 g/mol. The number of aromatic nitrogens is 1. The second-order valence-electron chi connectivity index (χ2n) is 9.07. The molecule has 0 unspecified atom stereocenters. The predicted octanol–water partition coefficient (Wildman–Crippen LogP) is 3.75. The molecule has 12 heteroatoms. The number of hydrogen-bond acceptors (Lipinski definition) is 7. The van der Waals surface area contributed by atoms with Crippen molar-refractivity contribution in [3.8, 4) is 0 Å². The lowest BCUT2D eigenvalue weighted by molar-refractivity contribution is -0.137. The van der Waals surface area contributed by atoms with Gasteiger partial charge in [-0.15, -0.1) is 0 Å². The summed E-state index contributed by atoms with van der Waals surface area (Å²) in [6.07, 6.45) is 11.3. The fraction of sp³-hybridized carbons (Fsp3) is 0.773. The van der Waals surface area contributed by atoms with Gasteiger partial charge in [0.25, 0.3) is 10.0 Å². The molecule has 0 radical (unpaired) electrons. The number of urea groups is 1. The second kappa shape index (κ2) is 12.3. The fourth-order valence-electron chi connectivity index (χ4n) is 4.79. The minimum absolute atomic E-state index is 0.107. The molecule has 1 heterocycles. The summed E-state index contributed by atoms with van der Waals surface area (Å²) in [5, 5.41) is 11.9. The molecule has 0 saturated heterocycles. The van der Waals surface area contributed by atoms with Gasteiger partial charge in [-0.05, 0) is 44.9 Å². The Balaban J connectivity index is 1.70. The highest BCUT2D eigenvalue weighted by Crippen LogP contribution is 2.33. The standard InChI is InChI=1S/C22H36N4O6S2/c1-3-13-32-18-11-9-17(10-12-18)26(16-7-5-4-6-8-16)22(29)24-21-23-14-20(33-21)34(30,31)25(2)15-19(27)28/h14,16-18H,3-13,15H2,1-2H3,(H,27,28)(H,23,24,29)/t17-,18-. The largest absolute Gasteiger partial charge is 0.480 e. The minimum Gasteiger partial charge on any atom is -0.480 e. The molecule has 2 N–H and O–H groups in total. The molecule has 1 aromatic rings. The number of sulfonamides is 1. The molecule has 0 atom stereocenters. The van der Waals surface area contributed by atoms with Crippen molar-refractivity contribution in [2.75, 3.05) is 25.5 Å². The molecule has 0 aromatic carbocycles. The van der Waals surface area contributed by atoms with E-state index in [0.29, 0.717) is 0 Å². The summed E-state index contributed by atoms with van der Waals surface area (Å²) in [6.45, 7) is 2.21. The highest BCUT2D eigenvalue weighted by molar-refractivity contribution is 7.91. The van der Waals surface area contributed by atoms with Gasteiger partial charge in [-0.1, -0.05) is 37.5 Å². The lowest BCUT2D eigenvalue weighted by Crippen LogP contribution is -2.51. The number of carboxylic acid groups (broad SMARTS) is 1. The van der Waals surface area contributed by atoms with Gasteiger partial charge in [0.15, 0.2) is 9.34 Å². The van der Waals surface area contributed by atoms with Crippen LogP contribution >= 0.6 is 11.3 Å². The summed E-state index contributed by atoms with van der Waals surface area (Å²) in [7, 11) is -2.79. The molecular formula is C22H36N4O6S2. The molecule has 2 aliphatic carbocycles. The topological polar surface area (TPSA) is 129 Å². The van der Waals surface area contributed by atoms with Crippen molar-refractivity contribution >= 4 is 38.5 Å². The normalized spacial score (nSPS) is 22.0. The third-order valence-corrected chi connectivity index (χ3v) is 9.67. The first-order valence-corrected chi connectivity index (χ1v) is 14.3. The molecule has 0 aliphatic heterocycles. The summed E-state index contributed by atoms with van der Waals surface area (Å²) in [6, 6.07) is 0.0354. The molecule has 2 saturated carbocycles. The van der Waals surface area contributed by atoms with Crippen molar-refractivity contribution in [1.29, 1.82) is 0 Å². The maximum absolute atomic E-state index is 13.4. The molecule has 192 valence electrons. The van der Waals surface area contributed by atoms with Crippen molar-refractivity contribution in [3.05, 3.63) is 6.20 Å². The van der Waals surface area contributed by atoms with E-state index in [0.717, 1.165) is 86.2 Å². The number of carbonyl (C=O) groups excluding carboxylic acids is 1. The van der Waals surface area contributed by atoms with Gasteiger partial charge >= 0.3 is 12.0 Å². The summed E-state index contributed by atoms with van der Waals surface area (Å²) in [5.74, 6) is -1.25. The van der Waals surface area contributed by atoms with Gasteiger partial charge in [0, 0.05) is 25.7 Å². The van der Waals surface area contributed by atoms with Gasteiger partial charge in [0.1, 0.15) is 6.54 Å². The lowest BCUT2D eigenvalue weighted by atomic mass is 9.88. The summed E-state index contributed by atoms with van der Waals surface area (Å²) in [4.78, 5) is 30.4. The van der Waals surface area contributed by atoms with Gasteiger partial charge in [-0.25, -0.2) is 18.2 Å². The van der Waals surface area contributed by atoms with E-state index in [-0.39, 0.29) is 33.6 Å². The van der Waals surface area contributed by atoms with Crippen LogP contribution < -0.4 is 5.32 Å². The van der Waals surface area contributed by atoms with E-state index < -0.39 is 22.5 Å². The number of hydrogen-bond donors (Lipinski definition) is 2. The molecule has 10 nitrogen and oxygen atoms in total. The van der Waals surface area contributed by atoms with Crippen LogP contribution in [0.3, 0.4) is 0 Å². The van der Waals surface area contributed by atoms with Crippen LogP contribution in [0.25, 0.3) is 0 Å². The van der Waals surface area contributed by atoms with Gasteiger partial charge in [0.2, 0.25) is 0 Å². The average Bonchev–Trinajstić information content (AvgIpc) is 3.28. The third kappa shape index (κ3) is 6.89. The minimum atomic E-state index is -3.99. The van der Waals surface area contributed by atoms with Crippen molar-refractivity contribution in [2.24, 2.45) is 0 Å². The van der Waals surface area contributed by atoms with E-state index in [1.807, 2.05) is 4.90 Å². The van der Waals surface area contributed by atoms with Crippen molar-refractivity contribution in [2.45, 2.75) is 93.5 Å². The summed E-state index contributed by atoms with van der Waals surface area (Å²) < 4.78 is 31.8. The first-order chi connectivity index (χ1) is 16.2. The van der Waals surface area contributed by atoms with E-state index >= 15 is 0 Å². The Labute approximate surface area is 205 Å². The molecule has 2 amide bonds. The summed E-state index contributed by atoms with van der Waals surface area (Å²) >= 11 is 0.831. The number of amides is 2. The highest BCUT2D eigenvalue weighted by Gasteiger charge is 2.35. The Hall–Kier alpha value is -1.76. The number of aliphatic carboxylic acids is 1. The molecule has 34 heavy (non-hydrogen) atoms. The molecule has 1 aromatic heterocycles. The van der Waals surface area contributed by atoms with Crippen LogP contribution in [0.4, 0.5) is 9.93 Å². The van der Waals surface area contributed by atoms with Gasteiger partial charge in [-0.3, -0.25) is 10.1 Å². The van der Waals surface area contributed by atoms with Crippen LogP contribution in [0.15, 0.2) is 10.4 Å². The zero-order chi connectivity index (χ0) is 24.7. The molecular weight excluding hydrogens is 480 g/mol. The van der Waals surface area contributed by atoms with E-state index in [9.17, 15) is 18.0 Å². The third-order valence-electron chi connectivity index (χ3n) is 6.52. The van der Waals surface area contributed by atoms with E-state index in [4.69, 9.17) is 9.84 Å². The van der Waals surface area contributed by atoms with Gasteiger partial charge < -0.3 is 14.7 Å². The predicted molar refractivity (Wildman–Crippen MR) is 130 cm³/mol. The summed E-state index contributed by atoms with van der Waals surface area (Å²) in [5.41, 5.74) is 0. The SMILES string of the molecule is CCCO[C@H]1CC[C@H](N(C(=O)Nc2ncc(S(=O)(=O)N(C)CC(=O)O)s2)C2CCCCC2)CC1. The second-order valence-corrected chi connectivity index (χ2v) is 12.4. The number of ether oxygens (including phenoxy) is 1. The average molecular weight is 517 g/mol. The number of rotatable bonds is 10. The quantitative estimate of drug-likeness (QED) is 0.484. The highest BCUT2D eigenvalue weighted by atomic mass is 32.2. The van der Waals surface area contributed by atoms with Crippen LogP contribution in [-0.2, 0) is 19.6 Å². The fourth-order valence-corrected chi connectivity index (χ4v) is 7.14. The number of nitrogens with one attached hydrogen (secondary N) is 1. The number of thiazole rings is 1. The number of nitrogens with zero attached hydrogens (tertiary/aromatic N) is 3. The van der Waals surface area contributed by atoms with Gasteiger partial charge in [-0.2, -0.15) is 4.31 Å². The Morgan fingerprint density at radius 1 is 1.15 bits per heavy atom. The zero-order valence-electron chi connectivity index (χ0n) is 19.9. The van der Waals surface area contributed by atoms with Crippen molar-refractivity contribution < 1.29 is 27.9 Å². The van der Waals surface area contributed by atoms with Crippen LogP contribution in [-0.4, -0.2) is 78.1 Å². The zero-order valence-corrected chi connectivity index (χ0v) is 21.6. The lowest BCUT2D eigenvalue weighted by Gasteiger charge is -2.42. The molecule has 2 fully saturated rings. The Morgan fingerprint density at radius 2 is 1.79 bits per heavy atom. The van der Waals surface area contributed by atoms with E-state index in [1.165, 1.54) is 13.5 Å². The maximum Gasteiger partial charge on any atom is 0.324 e. The van der Waals surface area contributed by atoms with Crippen molar-refractivity contribution in [1.82, 2.24) is 14.2 Å². The van der Waals surface area contributed by atoms with Gasteiger partial charge in [0.05, 0.1) is 12.3 Å². The van der Waals surface area contributed by atoms with Crippen LogP contribution in [0.5, 0.6) is 0 Å². The number of carboxylic acids is 1. The molecule has 2 aliphatic rings. The number of anilines is 1. The molecule has 0 bridgehead atoms. The van der Waals surface area contributed by atoms with Crippen molar-refractivity contribution in [3.63, 3.8) is 0 Å². The van der Waals surface area contributed by atoms with E-state index in [1.54, 1.807) is 0 Å². The van der Waals surface area contributed by atoms with Crippen LogP contribution in [0, 0.1) is 0 Å². The smallest absolute Gasteiger partial charge is 0.324 e. The number of carbonyl (C=O) groups is 2. The van der Waals surface area contributed by atoms with Crippen LogP contribution in [0.2, 0.25) is 0 Å². The first-order valence-electron chi connectivity index (χ1n) is 12.1. The molecule has 3 rings (SSSR count). The first kappa shape index (κ1) is 26.8. The maximum atomic E-state index is 13.4.